The first-order valence-corrected chi connectivity index (χ1v) is 17.4. The highest BCUT2D eigenvalue weighted by molar-refractivity contribution is 7.62. The first-order chi connectivity index (χ1) is 23.5. The van der Waals surface area contributed by atoms with Crippen LogP contribution in [0.1, 0.15) is 62.1 Å². The van der Waals surface area contributed by atoms with Crippen molar-refractivity contribution in [2.45, 2.75) is 52.6 Å². The lowest BCUT2D eigenvalue weighted by molar-refractivity contribution is -0.144. The first-order valence-electron chi connectivity index (χ1n) is 15.9. The Bertz CT molecular complexity index is 1590. The summed E-state index contributed by atoms with van der Waals surface area (Å²) in [5.41, 5.74) is 3.69. The van der Waals surface area contributed by atoms with E-state index < -0.39 is 43.8 Å². The van der Waals surface area contributed by atoms with E-state index in [2.05, 4.69) is 16.1 Å². The smallest absolute Gasteiger partial charge is 0.360 e. The minimum absolute atomic E-state index is 0.0599. The van der Waals surface area contributed by atoms with Gasteiger partial charge in [0.1, 0.15) is 11.5 Å². The predicted molar refractivity (Wildman–Crippen MR) is 180 cm³/mol. The zero-order valence-corrected chi connectivity index (χ0v) is 29.0. The summed E-state index contributed by atoms with van der Waals surface area (Å²) >= 11 is 0. The molecule has 1 aromatic heterocycles. The van der Waals surface area contributed by atoms with Gasteiger partial charge in [0, 0.05) is 25.7 Å². The minimum Gasteiger partial charge on any atom is -0.482 e. The minimum atomic E-state index is -3.76. The van der Waals surface area contributed by atoms with Crippen molar-refractivity contribution in [3.63, 3.8) is 0 Å². The van der Waals surface area contributed by atoms with Gasteiger partial charge in [-0.2, -0.15) is 0 Å². The summed E-state index contributed by atoms with van der Waals surface area (Å²) < 4.78 is 34.2. The van der Waals surface area contributed by atoms with Crippen molar-refractivity contribution in [1.82, 2.24) is 16.1 Å². The molecule has 0 unspecified atom stereocenters. The SMILES string of the molecule is CCCCC[C@@H](C(=O)NCNC(=O)c1ccc(-c2cc(OCC(=O)O)cc(P(=O)(OC)OC)c2)o1)[C@@H](CC)C(=O)NOCc1ccccc1. The fourth-order valence-corrected chi connectivity index (χ4v) is 6.22. The molecule has 0 saturated heterocycles. The Morgan fingerprint density at radius 2 is 1.63 bits per heavy atom. The number of furan rings is 1. The van der Waals surface area contributed by atoms with E-state index in [1.165, 1.54) is 44.6 Å². The summed E-state index contributed by atoms with van der Waals surface area (Å²) in [4.78, 5) is 55.8. The number of benzene rings is 2. The van der Waals surface area contributed by atoms with E-state index in [0.29, 0.717) is 18.4 Å². The molecule has 3 aromatic rings. The zero-order valence-electron chi connectivity index (χ0n) is 28.1. The van der Waals surface area contributed by atoms with Crippen LogP contribution in [0.3, 0.4) is 0 Å². The largest absolute Gasteiger partial charge is 0.482 e. The zero-order chi connectivity index (χ0) is 35.8. The van der Waals surface area contributed by atoms with Gasteiger partial charge in [-0.3, -0.25) is 23.8 Å². The van der Waals surface area contributed by atoms with Gasteiger partial charge in [0.25, 0.3) is 5.91 Å². The standard InChI is InChI=1S/C34H44N3O11P/c1-5-7-9-14-28(27(6-2)33(41)37-47-20-23-12-10-8-11-13-23)32(40)35-22-36-34(42)30-16-15-29(48-30)24-17-25(46-21-31(38)39)19-26(18-24)49(43,44-3)45-4/h8,10-13,15-19,27-28H,5-7,9,14,20-22H2,1-4H3,(H,35,40)(H,36,42)(H,37,41)(H,38,39)/t27-,28-/m1/s1. The number of rotatable bonds is 21. The highest BCUT2D eigenvalue weighted by Gasteiger charge is 2.32. The molecule has 49 heavy (non-hydrogen) atoms. The van der Waals surface area contributed by atoms with Gasteiger partial charge in [0.05, 0.1) is 24.5 Å². The van der Waals surface area contributed by atoms with Gasteiger partial charge in [0.2, 0.25) is 11.8 Å². The fourth-order valence-electron chi connectivity index (χ4n) is 5.06. The van der Waals surface area contributed by atoms with E-state index in [1.807, 2.05) is 44.2 Å². The maximum atomic E-state index is 13.3. The van der Waals surface area contributed by atoms with E-state index in [1.54, 1.807) is 0 Å². The molecule has 0 spiro atoms. The van der Waals surface area contributed by atoms with Crippen molar-refractivity contribution in [1.29, 1.82) is 0 Å². The van der Waals surface area contributed by atoms with Crippen LogP contribution in [-0.2, 0) is 39.4 Å². The van der Waals surface area contributed by atoms with Crippen LogP contribution in [0.25, 0.3) is 11.3 Å². The number of carbonyl (C=O) groups is 4. The number of aliphatic carboxylic acids is 1. The average molecular weight is 702 g/mol. The second kappa shape index (κ2) is 19.5. The number of carbonyl (C=O) groups excluding carboxylic acids is 3. The molecule has 0 saturated carbocycles. The number of amides is 3. The number of hydroxylamine groups is 1. The Morgan fingerprint density at radius 1 is 0.898 bits per heavy atom. The van der Waals surface area contributed by atoms with Gasteiger partial charge in [-0.15, -0.1) is 0 Å². The summed E-state index contributed by atoms with van der Waals surface area (Å²) in [6, 6.07) is 16.5. The maximum Gasteiger partial charge on any atom is 0.360 e. The second-order valence-corrected chi connectivity index (χ2v) is 13.2. The van der Waals surface area contributed by atoms with Gasteiger partial charge < -0.3 is 33.9 Å². The van der Waals surface area contributed by atoms with Crippen LogP contribution in [-0.4, -0.2) is 56.3 Å². The number of unbranched alkanes of at least 4 members (excludes halogenated alkanes) is 2. The summed E-state index contributed by atoms with van der Waals surface area (Å²) in [6.07, 6.45) is 3.47. The van der Waals surface area contributed by atoms with Crippen LogP contribution in [0.2, 0.25) is 0 Å². The van der Waals surface area contributed by atoms with Crippen molar-refractivity contribution in [3.8, 4) is 17.1 Å². The summed E-state index contributed by atoms with van der Waals surface area (Å²) in [7, 11) is -1.36. The molecule has 2 atom stereocenters. The highest BCUT2D eigenvalue weighted by Crippen LogP contribution is 2.46. The molecule has 0 fully saturated rings. The number of carboxylic acids is 1. The molecule has 15 heteroatoms. The van der Waals surface area contributed by atoms with Gasteiger partial charge in [-0.05, 0) is 48.7 Å². The molecule has 0 aliphatic heterocycles. The average Bonchev–Trinajstić information content (AvgIpc) is 3.61. The highest BCUT2D eigenvalue weighted by atomic mass is 31.2. The Labute approximate surface area is 285 Å². The third kappa shape index (κ3) is 11.6. The quantitative estimate of drug-likeness (QED) is 0.0517. The molecule has 266 valence electrons. The molecule has 0 radical (unpaired) electrons. The molecule has 0 aliphatic rings. The Hall–Kier alpha value is -4.49. The molecule has 0 aliphatic carbocycles. The molecule has 3 amide bonds. The van der Waals surface area contributed by atoms with Crippen LogP contribution in [0.4, 0.5) is 0 Å². The van der Waals surface area contributed by atoms with E-state index >= 15 is 0 Å². The van der Waals surface area contributed by atoms with Crippen LogP contribution in [0.15, 0.2) is 65.1 Å². The number of carboxylic acid groups (broad SMARTS) is 1. The van der Waals surface area contributed by atoms with Crippen molar-refractivity contribution in [3.05, 3.63) is 72.0 Å². The van der Waals surface area contributed by atoms with Crippen molar-refractivity contribution in [2.75, 3.05) is 27.5 Å². The molecule has 14 nitrogen and oxygen atoms in total. The summed E-state index contributed by atoms with van der Waals surface area (Å²) in [6.45, 7) is 3.18. The number of hydrogen-bond acceptors (Lipinski definition) is 10. The Balaban J connectivity index is 1.66. The lowest BCUT2D eigenvalue weighted by Gasteiger charge is -2.24. The van der Waals surface area contributed by atoms with E-state index in [9.17, 15) is 23.7 Å². The molecular formula is C34H44N3O11P. The molecule has 1 heterocycles. The van der Waals surface area contributed by atoms with Crippen molar-refractivity contribution in [2.24, 2.45) is 11.8 Å². The van der Waals surface area contributed by atoms with Gasteiger partial charge in [-0.25, -0.2) is 10.3 Å². The third-order valence-electron chi connectivity index (χ3n) is 7.65. The first kappa shape index (κ1) is 39.0. The molecule has 3 rings (SSSR count). The van der Waals surface area contributed by atoms with E-state index in [-0.39, 0.29) is 41.8 Å². The third-order valence-corrected chi connectivity index (χ3v) is 9.50. The molecule has 4 N–H and O–H groups in total. The van der Waals surface area contributed by atoms with Gasteiger partial charge in [0.15, 0.2) is 12.4 Å². The van der Waals surface area contributed by atoms with E-state index in [4.69, 9.17) is 28.1 Å². The maximum absolute atomic E-state index is 13.3. The summed E-state index contributed by atoms with van der Waals surface area (Å²) in [5.74, 6) is -3.78. The number of nitrogens with one attached hydrogen (secondary N) is 3. The second-order valence-electron chi connectivity index (χ2n) is 11.0. The lowest BCUT2D eigenvalue weighted by Crippen LogP contribution is -2.45. The lowest BCUT2D eigenvalue weighted by atomic mass is 9.84. The molecule has 2 aromatic carbocycles. The van der Waals surface area contributed by atoms with E-state index in [0.717, 1.165) is 24.8 Å². The van der Waals surface area contributed by atoms with Crippen molar-refractivity contribution >= 4 is 36.6 Å². The Morgan fingerprint density at radius 3 is 2.29 bits per heavy atom. The molecule has 0 bridgehead atoms. The molecular weight excluding hydrogens is 657 g/mol. The summed E-state index contributed by atoms with van der Waals surface area (Å²) in [5, 5.41) is 14.4. The van der Waals surface area contributed by atoms with Crippen LogP contribution >= 0.6 is 7.60 Å². The van der Waals surface area contributed by atoms with Crippen LogP contribution < -0.4 is 26.2 Å². The Kier molecular flexibility index (Phi) is 15.5. The number of ether oxygens (including phenoxy) is 1. The topological polar surface area (TPSA) is 192 Å². The van der Waals surface area contributed by atoms with Crippen LogP contribution in [0.5, 0.6) is 5.75 Å². The monoisotopic (exact) mass is 701 g/mol. The predicted octanol–water partition coefficient (Wildman–Crippen LogP) is 4.80. The van der Waals surface area contributed by atoms with Gasteiger partial charge >= 0.3 is 13.6 Å². The van der Waals surface area contributed by atoms with Gasteiger partial charge in [-0.1, -0.05) is 63.4 Å². The normalized spacial score (nSPS) is 12.5. The van der Waals surface area contributed by atoms with Crippen molar-refractivity contribution < 1.29 is 51.9 Å². The number of hydrogen-bond donors (Lipinski definition) is 4. The van der Waals surface area contributed by atoms with Crippen LogP contribution in [0, 0.1) is 11.8 Å². The fraction of sp³-hybridized carbons (Fsp3) is 0.412.